The molecular formula is C28H24N6O2. The SMILES string of the molecule is COc1ccc(CNc2nc(-c3ccccc3C#N)cc3cn(Cc4ccccn4)nc23)c(OC)c1. The summed E-state index contributed by atoms with van der Waals surface area (Å²) in [5, 5.41) is 18.8. The van der Waals surface area contributed by atoms with Gasteiger partial charge in [-0.2, -0.15) is 10.4 Å². The number of aromatic nitrogens is 4. The molecule has 0 amide bonds. The lowest BCUT2D eigenvalue weighted by atomic mass is 10.0. The number of hydrogen-bond donors (Lipinski definition) is 1. The fourth-order valence-electron chi connectivity index (χ4n) is 4.06. The minimum Gasteiger partial charge on any atom is -0.497 e. The number of rotatable bonds is 8. The van der Waals surface area contributed by atoms with Crippen molar-refractivity contribution in [3.8, 4) is 28.8 Å². The highest BCUT2D eigenvalue weighted by Crippen LogP contribution is 2.30. The molecule has 0 saturated carbocycles. The van der Waals surface area contributed by atoms with Crippen molar-refractivity contribution in [1.29, 1.82) is 5.26 Å². The van der Waals surface area contributed by atoms with Gasteiger partial charge < -0.3 is 14.8 Å². The number of fused-ring (bicyclic) bond motifs is 1. The number of methoxy groups -OCH3 is 2. The molecule has 0 atom stereocenters. The molecule has 0 unspecified atom stereocenters. The van der Waals surface area contributed by atoms with Gasteiger partial charge in [-0.15, -0.1) is 0 Å². The fraction of sp³-hybridized carbons (Fsp3) is 0.143. The Morgan fingerprint density at radius 2 is 1.86 bits per heavy atom. The Bertz CT molecular complexity index is 1560. The van der Waals surface area contributed by atoms with Crippen molar-refractivity contribution in [2.45, 2.75) is 13.1 Å². The van der Waals surface area contributed by atoms with E-state index in [0.717, 1.165) is 33.5 Å². The van der Waals surface area contributed by atoms with Crippen molar-refractivity contribution in [3.05, 3.63) is 95.9 Å². The Balaban J connectivity index is 1.56. The van der Waals surface area contributed by atoms with Gasteiger partial charge in [0.05, 0.1) is 43.8 Å². The average Bonchev–Trinajstić information content (AvgIpc) is 3.34. The van der Waals surface area contributed by atoms with Crippen LogP contribution in [-0.2, 0) is 13.1 Å². The summed E-state index contributed by atoms with van der Waals surface area (Å²) in [5.41, 5.74) is 4.62. The van der Waals surface area contributed by atoms with Crippen LogP contribution < -0.4 is 14.8 Å². The molecule has 0 spiro atoms. The summed E-state index contributed by atoms with van der Waals surface area (Å²) in [6.07, 6.45) is 3.75. The second-order valence-electron chi connectivity index (χ2n) is 8.13. The molecule has 0 aliphatic carbocycles. The molecule has 0 bridgehead atoms. The Morgan fingerprint density at radius 3 is 2.64 bits per heavy atom. The Morgan fingerprint density at radius 1 is 1.00 bits per heavy atom. The largest absolute Gasteiger partial charge is 0.497 e. The molecule has 8 nitrogen and oxygen atoms in total. The molecule has 8 heteroatoms. The van der Waals surface area contributed by atoms with Crippen molar-refractivity contribution in [3.63, 3.8) is 0 Å². The normalized spacial score (nSPS) is 10.7. The molecule has 3 heterocycles. The lowest BCUT2D eigenvalue weighted by molar-refractivity contribution is 0.391. The van der Waals surface area contributed by atoms with Gasteiger partial charge in [0.1, 0.15) is 17.0 Å². The van der Waals surface area contributed by atoms with Gasteiger partial charge in [-0.25, -0.2) is 4.98 Å². The molecule has 5 aromatic rings. The molecule has 5 rings (SSSR count). The average molecular weight is 477 g/mol. The highest BCUT2D eigenvalue weighted by molar-refractivity contribution is 5.91. The lowest BCUT2D eigenvalue weighted by Crippen LogP contribution is -2.06. The Labute approximate surface area is 208 Å². The van der Waals surface area contributed by atoms with E-state index in [1.54, 1.807) is 26.5 Å². The first-order valence-corrected chi connectivity index (χ1v) is 11.4. The summed E-state index contributed by atoms with van der Waals surface area (Å²) in [6.45, 7) is 0.997. The molecule has 0 aliphatic heterocycles. The summed E-state index contributed by atoms with van der Waals surface area (Å²) in [7, 11) is 3.26. The number of pyridine rings is 2. The lowest BCUT2D eigenvalue weighted by Gasteiger charge is -2.13. The van der Waals surface area contributed by atoms with Crippen LogP contribution in [0.1, 0.15) is 16.8 Å². The van der Waals surface area contributed by atoms with Crippen molar-refractivity contribution in [2.24, 2.45) is 0 Å². The number of nitriles is 1. The minimum atomic E-state index is 0.464. The van der Waals surface area contributed by atoms with E-state index in [0.29, 0.717) is 35.9 Å². The van der Waals surface area contributed by atoms with Crippen molar-refractivity contribution in [2.75, 3.05) is 19.5 Å². The van der Waals surface area contributed by atoms with Crippen LogP contribution >= 0.6 is 0 Å². The van der Waals surface area contributed by atoms with Crippen LogP contribution in [0, 0.1) is 11.3 Å². The number of benzene rings is 2. The van der Waals surface area contributed by atoms with E-state index in [1.165, 1.54) is 0 Å². The van der Waals surface area contributed by atoms with Crippen LogP contribution in [0.25, 0.3) is 22.2 Å². The van der Waals surface area contributed by atoms with Crippen molar-refractivity contribution < 1.29 is 9.47 Å². The molecule has 178 valence electrons. The van der Waals surface area contributed by atoms with E-state index in [-0.39, 0.29) is 0 Å². The number of anilines is 1. The summed E-state index contributed by atoms with van der Waals surface area (Å²) in [5.74, 6) is 2.05. The number of hydrogen-bond acceptors (Lipinski definition) is 7. The highest BCUT2D eigenvalue weighted by atomic mass is 16.5. The number of nitrogens with zero attached hydrogens (tertiary/aromatic N) is 5. The van der Waals surface area contributed by atoms with Crippen LogP contribution in [0.5, 0.6) is 11.5 Å². The van der Waals surface area contributed by atoms with E-state index in [1.807, 2.05) is 71.5 Å². The molecule has 3 aromatic heterocycles. The third kappa shape index (κ3) is 4.68. The fourth-order valence-corrected chi connectivity index (χ4v) is 4.06. The first-order chi connectivity index (χ1) is 17.7. The van der Waals surface area contributed by atoms with E-state index >= 15 is 0 Å². The summed E-state index contributed by atoms with van der Waals surface area (Å²) in [4.78, 5) is 9.30. The van der Waals surface area contributed by atoms with Crippen LogP contribution in [0.3, 0.4) is 0 Å². The molecule has 0 aliphatic rings. The predicted molar refractivity (Wildman–Crippen MR) is 138 cm³/mol. The van der Waals surface area contributed by atoms with Crippen molar-refractivity contribution >= 4 is 16.7 Å². The summed E-state index contributed by atoms with van der Waals surface area (Å²) in [6, 6.07) is 23.2. The maximum Gasteiger partial charge on any atom is 0.155 e. The van der Waals surface area contributed by atoms with Gasteiger partial charge in [-0.3, -0.25) is 9.67 Å². The van der Waals surface area contributed by atoms with Crippen molar-refractivity contribution in [1.82, 2.24) is 19.7 Å². The monoisotopic (exact) mass is 476 g/mol. The molecule has 0 radical (unpaired) electrons. The van der Waals surface area contributed by atoms with E-state index in [2.05, 4.69) is 16.4 Å². The zero-order chi connectivity index (χ0) is 24.9. The second-order valence-corrected chi connectivity index (χ2v) is 8.13. The zero-order valence-corrected chi connectivity index (χ0v) is 20.0. The summed E-state index contributed by atoms with van der Waals surface area (Å²) >= 11 is 0. The molecule has 36 heavy (non-hydrogen) atoms. The zero-order valence-electron chi connectivity index (χ0n) is 20.0. The summed E-state index contributed by atoms with van der Waals surface area (Å²) < 4.78 is 12.7. The standard InChI is InChI=1S/C28H24N6O2/c1-35-23-11-10-20(26(14-23)36-2)16-31-28-27-21(17-34(33-27)18-22-8-5-6-12-30-22)13-25(32-28)24-9-4-3-7-19(24)15-29/h3-14,17H,16,18H2,1-2H3,(H,31,32). The molecule has 0 fully saturated rings. The van der Waals surface area contributed by atoms with Gasteiger partial charge in [0.15, 0.2) is 5.82 Å². The maximum absolute atomic E-state index is 9.64. The first-order valence-electron chi connectivity index (χ1n) is 11.4. The van der Waals surface area contributed by atoms with Gasteiger partial charge in [0, 0.05) is 41.5 Å². The second kappa shape index (κ2) is 10.2. The first kappa shape index (κ1) is 22.9. The molecular weight excluding hydrogens is 452 g/mol. The minimum absolute atomic E-state index is 0.464. The molecule has 2 aromatic carbocycles. The number of nitrogens with one attached hydrogen (secondary N) is 1. The Kier molecular flexibility index (Phi) is 6.45. The topological polar surface area (TPSA) is 97.9 Å². The van der Waals surface area contributed by atoms with Gasteiger partial charge in [-0.05, 0) is 36.4 Å². The van der Waals surface area contributed by atoms with Crippen LogP contribution in [0.4, 0.5) is 5.82 Å². The van der Waals surface area contributed by atoms with E-state index in [4.69, 9.17) is 19.6 Å². The van der Waals surface area contributed by atoms with Crippen LogP contribution in [-0.4, -0.2) is 34.0 Å². The van der Waals surface area contributed by atoms with Crippen LogP contribution in [0.2, 0.25) is 0 Å². The third-order valence-corrected chi connectivity index (χ3v) is 5.85. The molecule has 0 saturated heterocycles. The van der Waals surface area contributed by atoms with E-state index < -0.39 is 0 Å². The third-order valence-electron chi connectivity index (χ3n) is 5.85. The smallest absolute Gasteiger partial charge is 0.155 e. The van der Waals surface area contributed by atoms with Gasteiger partial charge >= 0.3 is 0 Å². The van der Waals surface area contributed by atoms with Gasteiger partial charge in [-0.1, -0.05) is 24.3 Å². The predicted octanol–water partition coefficient (Wildman–Crippen LogP) is 5.04. The van der Waals surface area contributed by atoms with Crippen LogP contribution in [0.15, 0.2) is 79.1 Å². The highest BCUT2D eigenvalue weighted by Gasteiger charge is 2.15. The van der Waals surface area contributed by atoms with Gasteiger partial charge in [0.2, 0.25) is 0 Å². The number of ether oxygens (including phenoxy) is 2. The molecule has 1 N–H and O–H groups in total. The van der Waals surface area contributed by atoms with Gasteiger partial charge in [0.25, 0.3) is 0 Å². The van der Waals surface area contributed by atoms with E-state index in [9.17, 15) is 5.26 Å². The Hall–Kier alpha value is -4.90. The maximum atomic E-state index is 9.64. The quantitative estimate of drug-likeness (QED) is 0.335.